The second kappa shape index (κ2) is 37.4. The Morgan fingerprint density at radius 1 is 0.333 bits per heavy atom. The number of hydrogen-bond donors (Lipinski definition) is 0. The molecule has 4 aliphatic rings. The lowest BCUT2D eigenvalue weighted by atomic mass is 9.68. The van der Waals surface area contributed by atoms with E-state index >= 15 is 17.6 Å². The second-order valence-corrected chi connectivity index (χ2v) is 32.3. The molecule has 0 fully saturated rings. The Morgan fingerprint density at radius 2 is 0.588 bits per heavy atom. The minimum absolute atomic E-state index is 0.0603. The molecular formula is C98H94F4N4O6S2. The molecule has 13 rings (SSSR count). The molecule has 9 aromatic rings. The van der Waals surface area contributed by atoms with Crippen molar-refractivity contribution in [3.05, 3.63) is 266 Å². The van der Waals surface area contributed by atoms with Gasteiger partial charge in [-0.2, -0.15) is 21.0 Å². The zero-order valence-electron chi connectivity index (χ0n) is 65.4. The Balaban J connectivity index is 1.07. The summed E-state index contributed by atoms with van der Waals surface area (Å²) < 4.78 is 87.6. The number of halogens is 4. The highest BCUT2D eigenvalue weighted by Crippen LogP contribution is 2.66. The molecule has 10 nitrogen and oxygen atoms in total. The number of benzene rings is 7. The van der Waals surface area contributed by atoms with Crippen molar-refractivity contribution < 1.29 is 46.1 Å². The van der Waals surface area contributed by atoms with Crippen LogP contribution in [-0.2, 0) is 10.8 Å². The Kier molecular flexibility index (Phi) is 26.6. The fraction of sp³-hybridized carbons (Fsp3) is 0.347. The maximum absolute atomic E-state index is 15.4. The molecule has 114 heavy (non-hydrogen) atoms. The first-order valence-corrected chi connectivity index (χ1v) is 42.4. The molecule has 4 aliphatic carbocycles. The van der Waals surface area contributed by atoms with Crippen LogP contribution in [0.15, 0.2) is 168 Å². The van der Waals surface area contributed by atoms with E-state index in [-0.39, 0.29) is 44.5 Å². The molecule has 0 amide bonds. The van der Waals surface area contributed by atoms with E-state index in [4.69, 9.17) is 18.9 Å². The maximum atomic E-state index is 15.4. The third kappa shape index (κ3) is 16.3. The first-order chi connectivity index (χ1) is 55.7. The van der Waals surface area contributed by atoms with Crippen molar-refractivity contribution in [2.45, 2.75) is 193 Å². The van der Waals surface area contributed by atoms with Gasteiger partial charge in [-0.25, -0.2) is 17.6 Å². The lowest BCUT2D eigenvalue weighted by molar-refractivity contribution is 0.103. The summed E-state index contributed by atoms with van der Waals surface area (Å²) in [5.74, 6) is -3.59. The molecule has 582 valence electrons. The SMILES string of the molecule is CCCCCCCCOc1ccc(C2(c3ccc(OCCCCCCCC)cc3)c3cc4c(cc3-c3cc(/C=C5\C(=O)c6cc(F)c(F)cc6C5=C(C#N)C#N)sc32)C(c2ccc(OCCCCCCCC)cc2)(c2ccc(OCCCCCCCC)cc2)c2sc(/C=C3\C(=O)c5cc(F)c(F)cc5C3=C(C#N)C#N)cc2-4)cc1. The highest BCUT2D eigenvalue weighted by molar-refractivity contribution is 7.14. The highest BCUT2D eigenvalue weighted by atomic mass is 32.1. The molecule has 0 N–H and O–H groups in total. The Morgan fingerprint density at radius 3 is 0.851 bits per heavy atom. The number of allylic oxidation sites excluding steroid dienone is 6. The van der Waals surface area contributed by atoms with Crippen molar-refractivity contribution >= 4 is 57.5 Å². The number of rotatable bonds is 38. The van der Waals surface area contributed by atoms with Crippen molar-refractivity contribution in [2.75, 3.05) is 26.4 Å². The number of unbranched alkanes of at least 4 members (excludes halogenated alkanes) is 20. The molecule has 0 spiro atoms. The van der Waals surface area contributed by atoms with Gasteiger partial charge < -0.3 is 18.9 Å². The third-order valence-corrected chi connectivity index (χ3v) is 25.0. The Labute approximate surface area is 675 Å². The number of carbonyl (C=O) groups is 2. The Bertz CT molecular complexity index is 4880. The first-order valence-electron chi connectivity index (χ1n) is 40.7. The molecule has 16 heteroatoms. The van der Waals surface area contributed by atoms with Crippen LogP contribution in [0.4, 0.5) is 17.6 Å². The number of fused-ring (bicyclic) bond motifs is 8. The van der Waals surface area contributed by atoms with Crippen LogP contribution in [-0.4, -0.2) is 38.0 Å². The van der Waals surface area contributed by atoms with Gasteiger partial charge in [-0.15, -0.1) is 22.7 Å². The minimum Gasteiger partial charge on any atom is -0.494 e. The van der Waals surface area contributed by atoms with Crippen molar-refractivity contribution in [3.8, 4) is 69.5 Å². The summed E-state index contributed by atoms with van der Waals surface area (Å²) in [6.07, 6.45) is 29.5. The van der Waals surface area contributed by atoms with Gasteiger partial charge in [0.15, 0.2) is 34.8 Å². The number of Topliss-reactive ketones (excluding diaryl/α,β-unsaturated/α-hetero) is 2. The molecule has 0 unspecified atom stereocenters. The zero-order chi connectivity index (χ0) is 79.9. The van der Waals surface area contributed by atoms with Gasteiger partial charge in [-0.3, -0.25) is 9.59 Å². The molecule has 0 atom stereocenters. The average Bonchev–Trinajstić information content (AvgIpc) is 1.50. The summed E-state index contributed by atoms with van der Waals surface area (Å²) in [5, 5.41) is 42.2. The molecule has 0 saturated carbocycles. The number of nitrogens with zero attached hydrogens (tertiary/aromatic N) is 4. The van der Waals surface area contributed by atoms with E-state index in [1.165, 1.54) is 74.0 Å². The van der Waals surface area contributed by atoms with Crippen LogP contribution in [0, 0.1) is 68.6 Å². The summed E-state index contributed by atoms with van der Waals surface area (Å²) >= 11 is 2.83. The predicted octanol–water partition coefficient (Wildman–Crippen LogP) is 26.2. The Hall–Kier alpha value is -10.9. The molecule has 0 radical (unpaired) electrons. The molecule has 2 heterocycles. The van der Waals surface area contributed by atoms with Crippen LogP contribution in [0.25, 0.3) is 45.6 Å². The monoisotopic (exact) mass is 1560 g/mol. The summed E-state index contributed by atoms with van der Waals surface area (Å²) in [6.45, 7) is 10.9. The minimum atomic E-state index is -1.25. The van der Waals surface area contributed by atoms with Gasteiger partial charge in [0.25, 0.3) is 0 Å². The topological polar surface area (TPSA) is 166 Å². The fourth-order valence-corrected chi connectivity index (χ4v) is 19.6. The molecule has 2 aromatic heterocycles. The van der Waals surface area contributed by atoms with Crippen LogP contribution in [0.2, 0.25) is 0 Å². The van der Waals surface area contributed by atoms with E-state index in [9.17, 15) is 30.6 Å². The molecule has 0 saturated heterocycles. The standard InChI is InChI=1S/C98H94F4N4O6S2/c1-5-9-13-17-21-25-45-109-69-37-29-65(30-38-69)97(66-31-39-70(40-32-66)110-46-26-22-18-14-10-6-2)85-53-76-82-50-74(52-84-92(64(61-105)62-106)78-56-88(100)90(102)58-80(78)94(84)108)114-96(82)98(67-33-41-71(42-34-67)111-47-27-23-19-15-11-7-3,68-35-43-72(44-36-68)112-48-28-24-20-16-12-8-4)86(76)54-75(85)81-49-73(113-95(81)97)51-83-91(63(59-103)60-104)77-55-87(99)89(101)57-79(77)93(83)107/h29-44,49-58H,5-28,45-48H2,1-4H3/b83-51-,84-52-. The zero-order valence-corrected chi connectivity index (χ0v) is 67.0. The van der Waals surface area contributed by atoms with Crippen molar-refractivity contribution in [3.63, 3.8) is 0 Å². The summed E-state index contributed by atoms with van der Waals surface area (Å²) in [7, 11) is 0. The molecule has 7 aromatic carbocycles. The van der Waals surface area contributed by atoms with Gasteiger partial charge in [0.05, 0.1) is 37.3 Å². The van der Waals surface area contributed by atoms with Crippen molar-refractivity contribution in [2.24, 2.45) is 0 Å². The van der Waals surface area contributed by atoms with Gasteiger partial charge in [0, 0.05) is 52.9 Å². The van der Waals surface area contributed by atoms with Gasteiger partial charge in [0.2, 0.25) is 0 Å². The lowest BCUT2D eigenvalue weighted by Crippen LogP contribution is -2.29. The first kappa shape index (κ1) is 81.1. The van der Waals surface area contributed by atoms with Crippen LogP contribution < -0.4 is 18.9 Å². The van der Waals surface area contributed by atoms with E-state index in [1.54, 1.807) is 12.2 Å². The van der Waals surface area contributed by atoms with E-state index < -0.39 is 56.8 Å². The molecule has 0 bridgehead atoms. The summed E-state index contributed by atoms with van der Waals surface area (Å²) in [6, 6.07) is 52.5. The maximum Gasteiger partial charge on any atom is 0.194 e. The lowest BCUT2D eigenvalue weighted by Gasteiger charge is -2.35. The number of nitriles is 4. The van der Waals surface area contributed by atoms with Crippen LogP contribution in [0.3, 0.4) is 0 Å². The number of hydrogen-bond acceptors (Lipinski definition) is 12. The number of thiophene rings is 2. The highest BCUT2D eigenvalue weighted by Gasteiger charge is 2.54. The van der Waals surface area contributed by atoms with Crippen molar-refractivity contribution in [1.82, 2.24) is 0 Å². The van der Waals surface area contributed by atoms with Gasteiger partial charge in [-0.1, -0.05) is 205 Å². The largest absolute Gasteiger partial charge is 0.494 e. The third-order valence-electron chi connectivity index (χ3n) is 22.6. The number of carbonyl (C=O) groups excluding carboxylic acids is 2. The van der Waals surface area contributed by atoms with E-state index in [1.807, 2.05) is 84.9 Å². The number of ether oxygens (including phenoxy) is 4. The average molecular weight is 1560 g/mol. The smallest absolute Gasteiger partial charge is 0.194 e. The summed E-state index contributed by atoms with van der Waals surface area (Å²) in [4.78, 5) is 32.6. The summed E-state index contributed by atoms with van der Waals surface area (Å²) in [5.41, 5.74) is 4.34. The quantitative estimate of drug-likeness (QED) is 0.0157. The van der Waals surface area contributed by atoms with Gasteiger partial charge >= 0.3 is 0 Å². The molecule has 0 aliphatic heterocycles. The van der Waals surface area contributed by atoms with E-state index in [0.29, 0.717) is 59.2 Å². The van der Waals surface area contributed by atoms with E-state index in [2.05, 4.69) is 88.4 Å². The number of ketones is 2. The second-order valence-electron chi connectivity index (χ2n) is 30.1. The molecular weight excluding hydrogens is 1470 g/mol. The van der Waals surface area contributed by atoms with Crippen LogP contribution >= 0.6 is 22.7 Å². The van der Waals surface area contributed by atoms with Crippen LogP contribution in [0.1, 0.15) is 267 Å². The predicted molar refractivity (Wildman–Crippen MR) is 446 cm³/mol. The normalized spacial score (nSPS) is 14.4. The van der Waals surface area contributed by atoms with E-state index in [0.717, 1.165) is 192 Å². The van der Waals surface area contributed by atoms with Crippen molar-refractivity contribution in [1.29, 1.82) is 21.0 Å². The van der Waals surface area contributed by atoms with Gasteiger partial charge in [-0.05, 0) is 202 Å². The fourth-order valence-electron chi connectivity index (χ4n) is 16.9. The van der Waals surface area contributed by atoms with Crippen LogP contribution in [0.5, 0.6) is 23.0 Å². The van der Waals surface area contributed by atoms with Gasteiger partial charge in [0.1, 0.15) is 58.4 Å².